The van der Waals surface area contributed by atoms with Crippen LogP contribution >= 0.6 is 43.2 Å². The van der Waals surface area contributed by atoms with Crippen molar-refractivity contribution < 1.29 is 9.90 Å². The van der Waals surface area contributed by atoms with Gasteiger partial charge in [0.25, 0.3) is 0 Å². The highest BCUT2D eigenvalue weighted by Crippen LogP contribution is 2.36. The number of hydrogen-bond acceptors (Lipinski definition) is 3. The second-order valence-corrected chi connectivity index (χ2v) is 7.45. The van der Waals surface area contributed by atoms with Crippen LogP contribution in [0.15, 0.2) is 14.3 Å². The number of halogens is 2. The van der Waals surface area contributed by atoms with E-state index in [0.717, 1.165) is 26.0 Å². The molecule has 3 nitrogen and oxygen atoms in total. The van der Waals surface area contributed by atoms with Gasteiger partial charge in [-0.15, -0.1) is 11.3 Å². The first-order chi connectivity index (χ1) is 8.08. The molecule has 0 amide bonds. The Labute approximate surface area is 121 Å². The van der Waals surface area contributed by atoms with Gasteiger partial charge < -0.3 is 5.11 Å². The molecule has 1 aromatic rings. The molecule has 1 fully saturated rings. The molecule has 0 bridgehead atoms. The van der Waals surface area contributed by atoms with Crippen LogP contribution < -0.4 is 5.32 Å². The Morgan fingerprint density at radius 2 is 2.12 bits per heavy atom. The van der Waals surface area contributed by atoms with E-state index in [-0.39, 0.29) is 0 Å². The standard InChI is InChI=1S/C11H13Br2NO2S/c12-7-5-8(17-10(7)13)9(11(15)16)14-6-3-1-2-4-6/h5-6,9,14H,1-4H2,(H,15,16). The van der Waals surface area contributed by atoms with Gasteiger partial charge in [-0.3, -0.25) is 10.1 Å². The van der Waals surface area contributed by atoms with E-state index < -0.39 is 12.0 Å². The minimum absolute atomic E-state index is 0.343. The molecule has 17 heavy (non-hydrogen) atoms. The molecule has 1 unspecified atom stereocenters. The second kappa shape index (κ2) is 5.82. The maximum atomic E-state index is 11.3. The molecule has 1 aliphatic carbocycles. The van der Waals surface area contributed by atoms with Crippen molar-refractivity contribution in [2.24, 2.45) is 0 Å². The van der Waals surface area contributed by atoms with Crippen LogP contribution in [0.5, 0.6) is 0 Å². The Hall–Kier alpha value is 0.0900. The van der Waals surface area contributed by atoms with Gasteiger partial charge in [-0.25, -0.2) is 0 Å². The van der Waals surface area contributed by atoms with Gasteiger partial charge in [0.15, 0.2) is 0 Å². The van der Waals surface area contributed by atoms with Gasteiger partial charge in [-0.2, -0.15) is 0 Å². The highest BCUT2D eigenvalue weighted by molar-refractivity contribution is 9.13. The maximum absolute atomic E-state index is 11.3. The molecule has 2 rings (SSSR count). The van der Waals surface area contributed by atoms with Gasteiger partial charge in [0.05, 0.1) is 3.79 Å². The van der Waals surface area contributed by atoms with Crippen LogP contribution in [0, 0.1) is 0 Å². The summed E-state index contributed by atoms with van der Waals surface area (Å²) in [6.45, 7) is 0. The van der Waals surface area contributed by atoms with Crippen molar-refractivity contribution in [3.63, 3.8) is 0 Å². The van der Waals surface area contributed by atoms with Gasteiger partial charge >= 0.3 is 5.97 Å². The van der Waals surface area contributed by atoms with Crippen LogP contribution in [-0.4, -0.2) is 17.1 Å². The average Bonchev–Trinajstić information content (AvgIpc) is 2.86. The van der Waals surface area contributed by atoms with Crippen LogP contribution in [0.2, 0.25) is 0 Å². The first-order valence-electron chi connectivity index (χ1n) is 5.51. The van der Waals surface area contributed by atoms with Crippen molar-refractivity contribution in [2.75, 3.05) is 0 Å². The van der Waals surface area contributed by atoms with Crippen LogP contribution in [0.3, 0.4) is 0 Å². The molecular formula is C11H13Br2NO2S. The van der Waals surface area contributed by atoms with Crippen molar-refractivity contribution in [3.05, 3.63) is 19.2 Å². The first kappa shape index (κ1) is 13.5. The zero-order valence-corrected chi connectivity index (χ0v) is 13.1. The van der Waals surface area contributed by atoms with Crippen molar-refractivity contribution in [3.8, 4) is 0 Å². The van der Waals surface area contributed by atoms with E-state index in [1.807, 2.05) is 6.07 Å². The van der Waals surface area contributed by atoms with Crippen molar-refractivity contribution in [1.29, 1.82) is 0 Å². The average molecular weight is 383 g/mol. The number of hydrogen-bond donors (Lipinski definition) is 2. The van der Waals surface area contributed by atoms with E-state index in [0.29, 0.717) is 6.04 Å². The summed E-state index contributed by atoms with van der Waals surface area (Å²) in [6.07, 6.45) is 4.55. The molecular weight excluding hydrogens is 370 g/mol. The predicted octanol–water partition coefficient (Wildman–Crippen LogP) is 3.93. The van der Waals surface area contributed by atoms with E-state index in [1.54, 1.807) is 0 Å². The summed E-state index contributed by atoms with van der Waals surface area (Å²) in [5.74, 6) is -0.807. The number of aliphatic carboxylic acids is 1. The number of thiophene rings is 1. The summed E-state index contributed by atoms with van der Waals surface area (Å²) < 4.78 is 1.85. The fourth-order valence-electron chi connectivity index (χ4n) is 2.11. The monoisotopic (exact) mass is 381 g/mol. The summed E-state index contributed by atoms with van der Waals surface area (Å²) in [4.78, 5) is 12.2. The van der Waals surface area contributed by atoms with E-state index in [4.69, 9.17) is 0 Å². The molecule has 2 N–H and O–H groups in total. The first-order valence-corrected chi connectivity index (χ1v) is 7.91. The van der Waals surface area contributed by atoms with Gasteiger partial charge in [0, 0.05) is 15.4 Å². The largest absolute Gasteiger partial charge is 0.480 e. The lowest BCUT2D eigenvalue weighted by Crippen LogP contribution is -2.34. The minimum atomic E-state index is -0.807. The lowest BCUT2D eigenvalue weighted by molar-refractivity contribution is -0.139. The molecule has 6 heteroatoms. The second-order valence-electron chi connectivity index (χ2n) is 4.19. The zero-order chi connectivity index (χ0) is 12.4. The molecule has 0 radical (unpaired) electrons. The number of nitrogens with one attached hydrogen (secondary N) is 1. The molecule has 0 spiro atoms. The Kier molecular flexibility index (Phi) is 4.63. The molecule has 1 atom stereocenters. The van der Waals surface area contributed by atoms with Crippen LogP contribution in [0.1, 0.15) is 36.6 Å². The van der Waals surface area contributed by atoms with Crippen molar-refractivity contribution in [2.45, 2.75) is 37.8 Å². The Morgan fingerprint density at radius 1 is 1.47 bits per heavy atom. The lowest BCUT2D eigenvalue weighted by atomic mass is 10.2. The van der Waals surface area contributed by atoms with Gasteiger partial charge in [0.2, 0.25) is 0 Å². The highest BCUT2D eigenvalue weighted by Gasteiger charge is 2.27. The van der Waals surface area contributed by atoms with E-state index in [9.17, 15) is 9.90 Å². The SMILES string of the molecule is O=C(O)C(NC1CCCC1)c1cc(Br)c(Br)s1. The Morgan fingerprint density at radius 3 is 2.59 bits per heavy atom. The minimum Gasteiger partial charge on any atom is -0.480 e. The molecule has 1 heterocycles. The van der Waals surface area contributed by atoms with E-state index >= 15 is 0 Å². The summed E-state index contributed by atoms with van der Waals surface area (Å²) in [5.41, 5.74) is 0. The fraction of sp³-hybridized carbons (Fsp3) is 0.545. The predicted molar refractivity (Wildman–Crippen MR) is 75.5 cm³/mol. The maximum Gasteiger partial charge on any atom is 0.326 e. The van der Waals surface area contributed by atoms with E-state index in [1.165, 1.54) is 24.2 Å². The molecule has 0 aromatic carbocycles. The number of carbonyl (C=O) groups is 1. The number of carboxylic acids is 1. The fourth-order valence-corrected chi connectivity index (χ4v) is 4.25. The molecule has 1 saturated carbocycles. The van der Waals surface area contributed by atoms with Crippen molar-refractivity contribution >= 4 is 49.2 Å². The summed E-state index contributed by atoms with van der Waals surface area (Å²) in [5, 5.41) is 12.5. The third-order valence-corrected chi connectivity index (χ3v) is 6.27. The molecule has 1 aromatic heterocycles. The molecule has 0 aliphatic heterocycles. The molecule has 1 aliphatic rings. The summed E-state index contributed by atoms with van der Waals surface area (Å²) in [6, 6.07) is 1.62. The third-order valence-electron chi connectivity index (χ3n) is 2.95. The molecule has 0 saturated heterocycles. The van der Waals surface area contributed by atoms with E-state index in [2.05, 4.69) is 37.2 Å². The third kappa shape index (κ3) is 3.30. The smallest absolute Gasteiger partial charge is 0.326 e. The van der Waals surface area contributed by atoms with Crippen LogP contribution in [0.25, 0.3) is 0 Å². The molecule has 94 valence electrons. The lowest BCUT2D eigenvalue weighted by Gasteiger charge is -2.18. The normalized spacial score (nSPS) is 18.5. The van der Waals surface area contributed by atoms with Gasteiger partial charge in [-0.05, 0) is 50.8 Å². The Balaban J connectivity index is 2.13. The van der Waals surface area contributed by atoms with Crippen LogP contribution in [0.4, 0.5) is 0 Å². The topological polar surface area (TPSA) is 49.3 Å². The summed E-state index contributed by atoms with van der Waals surface area (Å²) in [7, 11) is 0. The highest BCUT2D eigenvalue weighted by atomic mass is 79.9. The van der Waals surface area contributed by atoms with Gasteiger partial charge in [0.1, 0.15) is 6.04 Å². The van der Waals surface area contributed by atoms with Gasteiger partial charge in [-0.1, -0.05) is 12.8 Å². The quantitative estimate of drug-likeness (QED) is 0.829. The van der Waals surface area contributed by atoms with Crippen LogP contribution in [-0.2, 0) is 4.79 Å². The summed E-state index contributed by atoms with van der Waals surface area (Å²) >= 11 is 8.25. The number of carboxylic acid groups (broad SMARTS) is 1. The zero-order valence-electron chi connectivity index (χ0n) is 9.08. The Bertz CT molecular complexity index is 396. The number of rotatable bonds is 4. The van der Waals surface area contributed by atoms with Crippen molar-refractivity contribution in [1.82, 2.24) is 5.32 Å².